The molecule has 1 rings (SSSR count). The summed E-state index contributed by atoms with van der Waals surface area (Å²) in [6.07, 6.45) is 4.29. The van der Waals surface area contributed by atoms with E-state index in [9.17, 15) is 4.79 Å². The highest BCUT2D eigenvalue weighted by atomic mass is 32.2. The Balaban J connectivity index is 2.36. The molecule has 14 heavy (non-hydrogen) atoms. The molecule has 3 nitrogen and oxygen atoms in total. The predicted octanol–water partition coefficient (Wildman–Crippen LogP) is 1.13. The fourth-order valence-corrected chi connectivity index (χ4v) is 2.97. The summed E-state index contributed by atoms with van der Waals surface area (Å²) in [5.41, 5.74) is 5.49. The highest BCUT2D eigenvalue weighted by molar-refractivity contribution is 8.01. The Morgan fingerprint density at radius 3 is 3.14 bits per heavy atom. The molecule has 0 aromatic carbocycles. The molecule has 4 heteroatoms. The van der Waals surface area contributed by atoms with Crippen LogP contribution in [0.25, 0.3) is 0 Å². The van der Waals surface area contributed by atoms with Crippen molar-refractivity contribution < 1.29 is 4.79 Å². The van der Waals surface area contributed by atoms with E-state index in [4.69, 9.17) is 5.73 Å². The van der Waals surface area contributed by atoms with Gasteiger partial charge in [-0.1, -0.05) is 13.3 Å². The second-order valence-corrected chi connectivity index (χ2v) is 5.45. The van der Waals surface area contributed by atoms with Crippen LogP contribution in [-0.2, 0) is 4.79 Å². The number of nitrogens with two attached hydrogens (primary N) is 1. The monoisotopic (exact) mass is 216 g/mol. The van der Waals surface area contributed by atoms with Gasteiger partial charge in [0.25, 0.3) is 0 Å². The van der Waals surface area contributed by atoms with Gasteiger partial charge in [0.2, 0.25) is 5.91 Å². The van der Waals surface area contributed by atoms with E-state index in [2.05, 4.69) is 12.2 Å². The Kier molecular flexibility index (Phi) is 5.33. The molecule has 0 aliphatic carbocycles. The third-order valence-corrected chi connectivity index (χ3v) is 3.93. The van der Waals surface area contributed by atoms with Crippen molar-refractivity contribution in [1.29, 1.82) is 0 Å². The van der Waals surface area contributed by atoms with Gasteiger partial charge in [-0.15, -0.1) is 11.8 Å². The first-order valence-electron chi connectivity index (χ1n) is 5.37. The first-order chi connectivity index (χ1) is 6.74. The third-order valence-electron chi connectivity index (χ3n) is 2.45. The Morgan fingerprint density at radius 2 is 2.43 bits per heavy atom. The van der Waals surface area contributed by atoms with Gasteiger partial charge < -0.3 is 11.1 Å². The van der Waals surface area contributed by atoms with E-state index in [1.165, 1.54) is 0 Å². The van der Waals surface area contributed by atoms with E-state index in [0.29, 0.717) is 11.8 Å². The highest BCUT2D eigenvalue weighted by Gasteiger charge is 2.22. The quantitative estimate of drug-likeness (QED) is 0.740. The van der Waals surface area contributed by atoms with Crippen LogP contribution in [0.5, 0.6) is 0 Å². The van der Waals surface area contributed by atoms with Crippen LogP contribution in [0.1, 0.15) is 32.6 Å². The van der Waals surface area contributed by atoms with Crippen molar-refractivity contribution in [3.63, 3.8) is 0 Å². The van der Waals surface area contributed by atoms with Crippen molar-refractivity contribution in [3.05, 3.63) is 0 Å². The first-order valence-corrected chi connectivity index (χ1v) is 6.31. The summed E-state index contributed by atoms with van der Waals surface area (Å²) in [6, 6.07) is 0. The Hall–Kier alpha value is -0.220. The highest BCUT2D eigenvalue weighted by Crippen LogP contribution is 2.25. The van der Waals surface area contributed by atoms with Crippen molar-refractivity contribution in [2.24, 2.45) is 5.73 Å². The number of thioether (sulfide) groups is 1. The van der Waals surface area contributed by atoms with Gasteiger partial charge in [-0.05, 0) is 25.8 Å². The second-order valence-electron chi connectivity index (χ2n) is 3.80. The third kappa shape index (κ3) is 3.88. The molecule has 3 N–H and O–H groups in total. The van der Waals surface area contributed by atoms with Gasteiger partial charge in [0.1, 0.15) is 0 Å². The minimum atomic E-state index is 0.152. The minimum Gasteiger partial charge on any atom is -0.355 e. The van der Waals surface area contributed by atoms with Crippen molar-refractivity contribution in [3.8, 4) is 0 Å². The van der Waals surface area contributed by atoms with Gasteiger partial charge >= 0.3 is 0 Å². The van der Waals surface area contributed by atoms with Crippen molar-refractivity contribution in [1.82, 2.24) is 5.32 Å². The van der Waals surface area contributed by atoms with Crippen LogP contribution in [0.3, 0.4) is 0 Å². The molecule has 2 unspecified atom stereocenters. The van der Waals surface area contributed by atoms with Crippen molar-refractivity contribution >= 4 is 17.7 Å². The molecule has 1 heterocycles. The summed E-state index contributed by atoms with van der Waals surface area (Å²) in [5, 5.41) is 3.60. The van der Waals surface area contributed by atoms with Crippen LogP contribution in [0.2, 0.25) is 0 Å². The number of rotatable bonds is 4. The van der Waals surface area contributed by atoms with Gasteiger partial charge in [-0.3, -0.25) is 4.79 Å². The largest absolute Gasteiger partial charge is 0.355 e. The molecule has 0 aromatic rings. The molecule has 0 radical (unpaired) electrons. The van der Waals surface area contributed by atoms with Gasteiger partial charge in [-0.25, -0.2) is 0 Å². The summed E-state index contributed by atoms with van der Waals surface area (Å²) in [6.45, 7) is 3.71. The van der Waals surface area contributed by atoms with E-state index in [1.807, 2.05) is 0 Å². The molecule has 2 atom stereocenters. The fourth-order valence-electron chi connectivity index (χ4n) is 1.62. The lowest BCUT2D eigenvalue weighted by Gasteiger charge is -2.17. The zero-order valence-electron chi connectivity index (χ0n) is 8.79. The summed E-state index contributed by atoms with van der Waals surface area (Å²) >= 11 is 1.77. The van der Waals surface area contributed by atoms with Crippen molar-refractivity contribution in [2.45, 2.75) is 43.1 Å². The molecule has 0 bridgehead atoms. The number of hydrogen-bond donors (Lipinski definition) is 2. The van der Waals surface area contributed by atoms with Gasteiger partial charge in [-0.2, -0.15) is 0 Å². The Morgan fingerprint density at radius 1 is 1.64 bits per heavy atom. The standard InChI is InChI=1S/C10H20N2OS/c1-8(5-6-11)14-9-4-2-3-7-12-10(9)13/h8-9H,2-7,11H2,1H3,(H,12,13). The van der Waals surface area contributed by atoms with E-state index >= 15 is 0 Å². The molecule has 1 fully saturated rings. The average molecular weight is 216 g/mol. The Bertz CT molecular complexity index is 187. The summed E-state index contributed by atoms with van der Waals surface area (Å²) < 4.78 is 0. The summed E-state index contributed by atoms with van der Waals surface area (Å²) in [7, 11) is 0. The SMILES string of the molecule is CC(CCN)SC1CCCCNC1=O. The molecule has 1 amide bonds. The molecule has 1 saturated heterocycles. The van der Waals surface area contributed by atoms with Crippen LogP contribution >= 0.6 is 11.8 Å². The maximum Gasteiger partial charge on any atom is 0.233 e. The smallest absolute Gasteiger partial charge is 0.233 e. The zero-order valence-corrected chi connectivity index (χ0v) is 9.61. The van der Waals surface area contributed by atoms with Gasteiger partial charge in [0, 0.05) is 11.8 Å². The van der Waals surface area contributed by atoms with Crippen molar-refractivity contribution in [2.75, 3.05) is 13.1 Å². The second kappa shape index (κ2) is 6.30. The molecule has 0 saturated carbocycles. The molecule has 0 aromatic heterocycles. The minimum absolute atomic E-state index is 0.152. The van der Waals surface area contributed by atoms with E-state index in [0.717, 1.165) is 32.2 Å². The maximum absolute atomic E-state index is 11.6. The first kappa shape index (κ1) is 11.9. The molecule has 1 aliphatic heterocycles. The number of carbonyl (C=O) groups excluding carboxylic acids is 1. The molecule has 1 aliphatic rings. The van der Waals surface area contributed by atoms with Crippen LogP contribution in [0, 0.1) is 0 Å². The number of hydrogen-bond acceptors (Lipinski definition) is 3. The molecular formula is C10H20N2OS. The van der Waals surface area contributed by atoms with Crippen LogP contribution in [0.15, 0.2) is 0 Å². The van der Waals surface area contributed by atoms with E-state index in [1.54, 1.807) is 11.8 Å². The van der Waals surface area contributed by atoms with Crippen LogP contribution in [-0.4, -0.2) is 29.5 Å². The van der Waals surface area contributed by atoms with Crippen LogP contribution < -0.4 is 11.1 Å². The lowest BCUT2D eigenvalue weighted by atomic mass is 10.2. The fraction of sp³-hybridized carbons (Fsp3) is 0.900. The summed E-state index contributed by atoms with van der Waals surface area (Å²) in [5.74, 6) is 0.219. The number of amides is 1. The molecular weight excluding hydrogens is 196 g/mol. The van der Waals surface area contributed by atoms with Gasteiger partial charge in [0.05, 0.1) is 5.25 Å². The topological polar surface area (TPSA) is 55.1 Å². The summed E-state index contributed by atoms with van der Waals surface area (Å²) in [4.78, 5) is 11.6. The maximum atomic E-state index is 11.6. The predicted molar refractivity (Wildman–Crippen MR) is 61.4 cm³/mol. The number of carbonyl (C=O) groups is 1. The molecule has 82 valence electrons. The van der Waals surface area contributed by atoms with E-state index in [-0.39, 0.29) is 11.2 Å². The lowest BCUT2D eigenvalue weighted by molar-refractivity contribution is -0.120. The normalized spacial score (nSPS) is 25.3. The lowest BCUT2D eigenvalue weighted by Crippen LogP contribution is -2.31. The Labute approximate surface area is 90.2 Å². The van der Waals surface area contributed by atoms with Gasteiger partial charge in [0.15, 0.2) is 0 Å². The van der Waals surface area contributed by atoms with E-state index < -0.39 is 0 Å². The van der Waals surface area contributed by atoms with Crippen LogP contribution in [0.4, 0.5) is 0 Å². The zero-order chi connectivity index (χ0) is 10.4. The average Bonchev–Trinajstić information content (AvgIpc) is 2.33. The number of nitrogens with one attached hydrogen (secondary N) is 1. The molecule has 0 spiro atoms.